The van der Waals surface area contributed by atoms with E-state index in [1.807, 2.05) is 6.92 Å². The summed E-state index contributed by atoms with van der Waals surface area (Å²) in [4.78, 5) is 11.1. The van der Waals surface area contributed by atoms with Crippen molar-refractivity contribution in [1.82, 2.24) is 15.5 Å². The molecule has 1 rings (SSSR count). The van der Waals surface area contributed by atoms with Crippen LogP contribution in [0.5, 0.6) is 0 Å². The Kier molecular flexibility index (Phi) is 3.02. The highest BCUT2D eigenvalue weighted by Crippen LogP contribution is 2.00. The van der Waals surface area contributed by atoms with Crippen LogP contribution in [0.25, 0.3) is 0 Å². The lowest BCUT2D eigenvalue weighted by Gasteiger charge is -2.06. The molecule has 1 aromatic rings. The third-order valence-electron chi connectivity index (χ3n) is 1.80. The van der Waals surface area contributed by atoms with Crippen LogP contribution in [0, 0.1) is 6.92 Å². The Labute approximate surface area is 76.7 Å². The van der Waals surface area contributed by atoms with Gasteiger partial charge in [0, 0.05) is 17.8 Å². The third kappa shape index (κ3) is 2.55. The molecule has 0 aliphatic heterocycles. The molecule has 0 bridgehead atoms. The van der Waals surface area contributed by atoms with Crippen molar-refractivity contribution in [2.45, 2.75) is 26.4 Å². The lowest BCUT2D eigenvalue weighted by molar-refractivity contribution is -0.122. The highest BCUT2D eigenvalue weighted by Gasteiger charge is 2.07. The topological polar surface area (TPSA) is 83.8 Å². The highest BCUT2D eigenvalue weighted by molar-refractivity contribution is 5.80. The van der Waals surface area contributed by atoms with Gasteiger partial charge >= 0.3 is 0 Å². The van der Waals surface area contributed by atoms with Gasteiger partial charge in [0.2, 0.25) is 5.91 Å². The van der Waals surface area contributed by atoms with Crippen LogP contribution in [0.2, 0.25) is 0 Å². The zero-order valence-corrected chi connectivity index (χ0v) is 7.79. The number of aromatic amines is 1. The number of nitrogens with one attached hydrogen (secondary N) is 2. The van der Waals surface area contributed by atoms with Gasteiger partial charge in [-0.25, -0.2) is 0 Å². The first-order valence-electron chi connectivity index (χ1n) is 4.13. The second kappa shape index (κ2) is 4.04. The Morgan fingerprint density at radius 3 is 3.00 bits per heavy atom. The lowest BCUT2D eigenvalue weighted by Crippen LogP contribution is -2.37. The molecule has 5 heteroatoms. The average Bonchev–Trinajstić information content (AvgIpc) is 2.47. The van der Waals surface area contributed by atoms with Crippen LogP contribution in [-0.2, 0) is 11.3 Å². The second-order valence-corrected chi connectivity index (χ2v) is 3.03. The van der Waals surface area contributed by atoms with Crippen LogP contribution in [0.1, 0.15) is 18.2 Å². The summed E-state index contributed by atoms with van der Waals surface area (Å²) in [5.41, 5.74) is 7.32. The molecule has 1 heterocycles. The SMILES string of the molecule is Cc1[nH]ncc1CNC(=O)C(C)N. The minimum absolute atomic E-state index is 0.152. The Hall–Kier alpha value is -1.36. The molecule has 1 aromatic heterocycles. The number of aryl methyl sites for hydroxylation is 1. The molecule has 0 aliphatic rings. The van der Waals surface area contributed by atoms with Crippen molar-refractivity contribution in [2.75, 3.05) is 0 Å². The zero-order chi connectivity index (χ0) is 9.84. The first kappa shape index (κ1) is 9.73. The monoisotopic (exact) mass is 182 g/mol. The standard InChI is InChI=1S/C8H14N4O/c1-5(9)8(13)10-3-7-4-11-12-6(7)2/h4-5H,3,9H2,1-2H3,(H,10,13)(H,11,12). The number of H-pyrrole nitrogens is 1. The quantitative estimate of drug-likeness (QED) is 0.599. The van der Waals surface area contributed by atoms with Gasteiger partial charge in [0.25, 0.3) is 0 Å². The predicted molar refractivity (Wildman–Crippen MR) is 48.8 cm³/mol. The largest absolute Gasteiger partial charge is 0.351 e. The number of amides is 1. The number of carbonyl (C=O) groups excluding carboxylic acids is 1. The van der Waals surface area contributed by atoms with Gasteiger partial charge in [0.05, 0.1) is 12.2 Å². The Morgan fingerprint density at radius 2 is 2.54 bits per heavy atom. The molecule has 13 heavy (non-hydrogen) atoms. The van der Waals surface area contributed by atoms with Gasteiger partial charge in [0.15, 0.2) is 0 Å². The molecule has 0 fully saturated rings. The van der Waals surface area contributed by atoms with E-state index < -0.39 is 6.04 Å². The van der Waals surface area contributed by atoms with Crippen LogP contribution in [0.15, 0.2) is 6.20 Å². The molecule has 0 aliphatic carbocycles. The van der Waals surface area contributed by atoms with Gasteiger partial charge in [-0.05, 0) is 13.8 Å². The number of hydrogen-bond donors (Lipinski definition) is 3. The molecular weight excluding hydrogens is 168 g/mol. The Morgan fingerprint density at radius 1 is 1.85 bits per heavy atom. The van der Waals surface area contributed by atoms with Gasteiger partial charge in [-0.3, -0.25) is 9.89 Å². The number of nitrogens with two attached hydrogens (primary N) is 1. The van der Waals surface area contributed by atoms with E-state index in [1.165, 1.54) is 0 Å². The van der Waals surface area contributed by atoms with Crippen LogP contribution in [0.4, 0.5) is 0 Å². The molecule has 0 spiro atoms. The van der Waals surface area contributed by atoms with Crippen LogP contribution in [-0.4, -0.2) is 22.1 Å². The van der Waals surface area contributed by atoms with Crippen molar-refractivity contribution < 1.29 is 4.79 Å². The maximum Gasteiger partial charge on any atom is 0.236 e. The van der Waals surface area contributed by atoms with Gasteiger partial charge in [-0.15, -0.1) is 0 Å². The fraction of sp³-hybridized carbons (Fsp3) is 0.500. The normalized spacial score (nSPS) is 12.5. The molecule has 5 nitrogen and oxygen atoms in total. The lowest BCUT2D eigenvalue weighted by atomic mass is 10.2. The fourth-order valence-electron chi connectivity index (χ4n) is 0.897. The summed E-state index contributed by atoms with van der Waals surface area (Å²) >= 11 is 0. The molecule has 72 valence electrons. The molecule has 0 radical (unpaired) electrons. The van der Waals surface area contributed by atoms with Crippen LogP contribution in [0.3, 0.4) is 0 Å². The van der Waals surface area contributed by atoms with E-state index in [2.05, 4.69) is 15.5 Å². The first-order valence-corrected chi connectivity index (χ1v) is 4.13. The minimum atomic E-state index is -0.466. The summed E-state index contributed by atoms with van der Waals surface area (Å²) in [6.07, 6.45) is 1.69. The number of nitrogens with zero attached hydrogens (tertiary/aromatic N) is 1. The molecule has 1 unspecified atom stereocenters. The summed E-state index contributed by atoms with van der Waals surface area (Å²) < 4.78 is 0. The van der Waals surface area contributed by atoms with Crippen molar-refractivity contribution in [2.24, 2.45) is 5.73 Å². The molecular formula is C8H14N4O. The Balaban J connectivity index is 2.44. The zero-order valence-electron chi connectivity index (χ0n) is 7.79. The van der Waals surface area contributed by atoms with Crippen molar-refractivity contribution in [3.8, 4) is 0 Å². The second-order valence-electron chi connectivity index (χ2n) is 3.03. The van der Waals surface area contributed by atoms with Gasteiger partial charge < -0.3 is 11.1 Å². The van der Waals surface area contributed by atoms with E-state index in [0.29, 0.717) is 6.54 Å². The molecule has 1 amide bonds. The van der Waals surface area contributed by atoms with Gasteiger partial charge in [-0.1, -0.05) is 0 Å². The highest BCUT2D eigenvalue weighted by atomic mass is 16.2. The summed E-state index contributed by atoms with van der Waals surface area (Å²) in [7, 11) is 0. The molecule has 4 N–H and O–H groups in total. The number of rotatable bonds is 3. The molecule has 0 aromatic carbocycles. The van der Waals surface area contributed by atoms with E-state index in [1.54, 1.807) is 13.1 Å². The van der Waals surface area contributed by atoms with E-state index in [-0.39, 0.29) is 5.91 Å². The molecule has 0 saturated heterocycles. The summed E-state index contributed by atoms with van der Waals surface area (Å²) in [5, 5.41) is 9.33. The molecule has 1 atom stereocenters. The van der Waals surface area contributed by atoms with E-state index in [9.17, 15) is 4.79 Å². The minimum Gasteiger partial charge on any atom is -0.351 e. The maximum atomic E-state index is 11.1. The summed E-state index contributed by atoms with van der Waals surface area (Å²) in [6.45, 7) is 4.03. The smallest absolute Gasteiger partial charge is 0.236 e. The number of aromatic nitrogens is 2. The first-order chi connectivity index (χ1) is 6.11. The van der Waals surface area contributed by atoms with Crippen LogP contribution >= 0.6 is 0 Å². The average molecular weight is 182 g/mol. The number of carbonyl (C=O) groups is 1. The third-order valence-corrected chi connectivity index (χ3v) is 1.80. The van der Waals surface area contributed by atoms with Crippen molar-refractivity contribution in [3.05, 3.63) is 17.5 Å². The van der Waals surface area contributed by atoms with E-state index in [4.69, 9.17) is 5.73 Å². The number of hydrogen-bond acceptors (Lipinski definition) is 3. The van der Waals surface area contributed by atoms with Crippen molar-refractivity contribution in [3.63, 3.8) is 0 Å². The molecule has 0 saturated carbocycles. The van der Waals surface area contributed by atoms with Crippen molar-refractivity contribution in [1.29, 1.82) is 0 Å². The Bertz CT molecular complexity index is 292. The fourth-order valence-corrected chi connectivity index (χ4v) is 0.897. The summed E-state index contributed by atoms with van der Waals surface area (Å²) in [6, 6.07) is -0.466. The maximum absolute atomic E-state index is 11.1. The van der Waals surface area contributed by atoms with E-state index >= 15 is 0 Å². The van der Waals surface area contributed by atoms with E-state index in [0.717, 1.165) is 11.3 Å². The van der Waals surface area contributed by atoms with Gasteiger partial charge in [-0.2, -0.15) is 5.10 Å². The van der Waals surface area contributed by atoms with Gasteiger partial charge in [0.1, 0.15) is 0 Å². The van der Waals surface area contributed by atoms with Crippen LogP contribution < -0.4 is 11.1 Å². The summed E-state index contributed by atoms with van der Waals surface area (Å²) in [5.74, 6) is -0.152. The van der Waals surface area contributed by atoms with Crippen molar-refractivity contribution >= 4 is 5.91 Å². The predicted octanol–water partition coefficient (Wildman–Crippen LogP) is -0.318.